The molecule has 196 valence electrons. The van der Waals surface area contributed by atoms with Crippen molar-refractivity contribution in [1.82, 2.24) is 20.9 Å². The molecule has 38 heavy (non-hydrogen) atoms. The highest BCUT2D eigenvalue weighted by molar-refractivity contribution is 5.91. The average molecular weight is 510 g/mol. The number of amides is 2. The summed E-state index contributed by atoms with van der Waals surface area (Å²) in [5.41, 5.74) is 8.20. The maximum Gasteiger partial charge on any atom is 0.244 e. The zero-order chi connectivity index (χ0) is 26.3. The van der Waals surface area contributed by atoms with Crippen LogP contribution in [-0.2, 0) is 16.0 Å². The molecule has 2 unspecified atom stereocenters. The topological polar surface area (TPSA) is 109 Å². The third-order valence-corrected chi connectivity index (χ3v) is 7.43. The normalized spacial score (nSPS) is 15.7. The molecular formula is C31H35N5O2. The van der Waals surface area contributed by atoms with Crippen molar-refractivity contribution in [2.24, 2.45) is 5.73 Å². The summed E-state index contributed by atoms with van der Waals surface area (Å²) in [6, 6.07) is 21.4. The summed E-state index contributed by atoms with van der Waals surface area (Å²) in [6.07, 6.45) is 8.97. The molecule has 1 heterocycles. The predicted octanol–water partition coefficient (Wildman–Crippen LogP) is 4.11. The number of aromatic nitrogens is 1. The molecule has 5 N–H and O–H groups in total. The van der Waals surface area contributed by atoms with Crippen LogP contribution >= 0.6 is 0 Å². The van der Waals surface area contributed by atoms with Gasteiger partial charge in [-0.25, -0.2) is 0 Å². The molecule has 7 nitrogen and oxygen atoms in total. The molecular weight excluding hydrogens is 474 g/mol. The number of nitrogens with one attached hydrogen (secondary N) is 3. The van der Waals surface area contributed by atoms with Crippen molar-refractivity contribution in [3.63, 3.8) is 0 Å². The molecule has 1 saturated carbocycles. The Morgan fingerprint density at radius 3 is 2.58 bits per heavy atom. The van der Waals surface area contributed by atoms with E-state index in [9.17, 15) is 9.59 Å². The Bertz CT molecular complexity index is 1410. The van der Waals surface area contributed by atoms with Gasteiger partial charge in [-0.1, -0.05) is 73.9 Å². The van der Waals surface area contributed by atoms with Gasteiger partial charge in [-0.3, -0.25) is 14.6 Å². The van der Waals surface area contributed by atoms with Crippen molar-refractivity contribution < 1.29 is 9.59 Å². The highest BCUT2D eigenvalue weighted by atomic mass is 16.2. The summed E-state index contributed by atoms with van der Waals surface area (Å²) in [5.74, 6) is -0.506. The smallest absolute Gasteiger partial charge is 0.244 e. The van der Waals surface area contributed by atoms with Crippen LogP contribution in [0.1, 0.15) is 49.4 Å². The minimum absolute atomic E-state index is 0.189. The largest absolute Gasteiger partial charge is 0.343 e. The van der Waals surface area contributed by atoms with Crippen LogP contribution in [0.2, 0.25) is 0 Å². The number of hydrogen-bond acceptors (Lipinski definition) is 5. The van der Waals surface area contributed by atoms with Gasteiger partial charge in [0.2, 0.25) is 11.8 Å². The van der Waals surface area contributed by atoms with Crippen molar-refractivity contribution in [3.05, 3.63) is 90.3 Å². The summed E-state index contributed by atoms with van der Waals surface area (Å²) in [7, 11) is 0. The van der Waals surface area contributed by atoms with Crippen molar-refractivity contribution in [1.29, 1.82) is 0 Å². The van der Waals surface area contributed by atoms with E-state index >= 15 is 0 Å². The van der Waals surface area contributed by atoms with E-state index in [4.69, 9.17) is 5.73 Å². The summed E-state index contributed by atoms with van der Waals surface area (Å²) in [5, 5.41) is 13.4. The molecule has 0 radical (unpaired) electrons. The van der Waals surface area contributed by atoms with E-state index < -0.39 is 12.2 Å². The predicted molar refractivity (Wildman–Crippen MR) is 151 cm³/mol. The van der Waals surface area contributed by atoms with Crippen LogP contribution < -0.4 is 21.7 Å². The monoisotopic (exact) mass is 509 g/mol. The van der Waals surface area contributed by atoms with Crippen molar-refractivity contribution in [3.8, 4) is 0 Å². The number of carbonyl (C=O) groups excluding carboxylic acids is 2. The molecule has 0 spiro atoms. The molecule has 2 amide bonds. The Hall–Kier alpha value is -3.81. The van der Waals surface area contributed by atoms with Gasteiger partial charge in [0.15, 0.2) is 0 Å². The van der Waals surface area contributed by atoms with Gasteiger partial charge >= 0.3 is 0 Å². The first-order valence-electron chi connectivity index (χ1n) is 13.5. The van der Waals surface area contributed by atoms with Crippen molar-refractivity contribution in [2.45, 2.75) is 56.8 Å². The van der Waals surface area contributed by atoms with E-state index in [0.717, 1.165) is 45.5 Å². The third-order valence-electron chi connectivity index (χ3n) is 7.43. The van der Waals surface area contributed by atoms with Crippen molar-refractivity contribution >= 4 is 33.4 Å². The SMILES string of the molecule is NC(NC(=O)C(Cc1cccc2ccccc12)NC(=O)CNC1CCCCC1)c1ccc2cnccc2c1. The van der Waals surface area contributed by atoms with Gasteiger partial charge in [0.1, 0.15) is 12.2 Å². The molecule has 3 aromatic carbocycles. The number of nitrogens with two attached hydrogens (primary N) is 1. The number of fused-ring (bicyclic) bond motifs is 2. The first-order valence-corrected chi connectivity index (χ1v) is 13.5. The van der Waals surface area contributed by atoms with Gasteiger partial charge in [0.25, 0.3) is 0 Å². The lowest BCUT2D eigenvalue weighted by molar-refractivity contribution is -0.129. The average Bonchev–Trinajstić information content (AvgIpc) is 2.96. The lowest BCUT2D eigenvalue weighted by Crippen LogP contribution is -2.52. The molecule has 1 fully saturated rings. The molecule has 0 saturated heterocycles. The Morgan fingerprint density at radius 2 is 1.71 bits per heavy atom. The zero-order valence-electron chi connectivity index (χ0n) is 21.5. The minimum Gasteiger partial charge on any atom is -0.343 e. The van der Waals surface area contributed by atoms with Gasteiger partial charge in [-0.05, 0) is 52.3 Å². The summed E-state index contributed by atoms with van der Waals surface area (Å²) in [4.78, 5) is 30.6. The zero-order valence-corrected chi connectivity index (χ0v) is 21.5. The molecule has 5 rings (SSSR count). The molecule has 1 aliphatic rings. The summed E-state index contributed by atoms with van der Waals surface area (Å²) in [6.45, 7) is 0.189. The molecule has 1 aromatic heterocycles. The number of pyridine rings is 1. The van der Waals surface area contributed by atoms with Crippen LogP contribution in [0.5, 0.6) is 0 Å². The standard InChI is InChI=1S/C31H35N5O2/c32-30(24-13-14-25-19-33-16-15-22(25)17-24)36-31(38)28(35-29(37)20-34-26-10-2-1-3-11-26)18-23-9-6-8-21-7-4-5-12-27(21)23/h4-9,12-17,19,26,28,30,34H,1-3,10-11,18,20,32H2,(H,35,37)(H,36,38). The first kappa shape index (κ1) is 25.8. The fourth-order valence-electron chi connectivity index (χ4n) is 5.32. The van der Waals surface area contributed by atoms with Crippen LogP contribution in [0, 0.1) is 0 Å². The Morgan fingerprint density at radius 1 is 0.895 bits per heavy atom. The second kappa shape index (κ2) is 12.2. The Balaban J connectivity index is 1.32. The number of nitrogens with zero attached hydrogens (tertiary/aromatic N) is 1. The molecule has 0 aliphatic heterocycles. The second-order valence-corrected chi connectivity index (χ2v) is 10.1. The number of hydrogen-bond donors (Lipinski definition) is 4. The number of rotatable bonds is 9. The lowest BCUT2D eigenvalue weighted by atomic mass is 9.95. The summed E-state index contributed by atoms with van der Waals surface area (Å²) < 4.78 is 0. The maximum atomic E-state index is 13.5. The highest BCUT2D eigenvalue weighted by Crippen LogP contribution is 2.21. The van der Waals surface area contributed by atoms with E-state index in [-0.39, 0.29) is 18.4 Å². The van der Waals surface area contributed by atoms with E-state index in [1.165, 1.54) is 19.3 Å². The highest BCUT2D eigenvalue weighted by Gasteiger charge is 2.24. The molecule has 4 aromatic rings. The Labute approximate surface area is 223 Å². The number of benzene rings is 3. The van der Waals surface area contributed by atoms with Gasteiger partial charge in [0.05, 0.1) is 6.54 Å². The van der Waals surface area contributed by atoms with Gasteiger partial charge in [0, 0.05) is 30.2 Å². The van der Waals surface area contributed by atoms with E-state index in [2.05, 4.69) is 20.9 Å². The molecule has 2 atom stereocenters. The fraction of sp³-hybridized carbons (Fsp3) is 0.323. The first-order chi connectivity index (χ1) is 18.6. The van der Waals surface area contributed by atoms with Crippen LogP contribution in [0.25, 0.3) is 21.5 Å². The fourth-order valence-corrected chi connectivity index (χ4v) is 5.32. The second-order valence-electron chi connectivity index (χ2n) is 10.1. The van der Waals surface area contributed by atoms with Crippen LogP contribution in [-0.4, -0.2) is 35.4 Å². The lowest BCUT2D eigenvalue weighted by Gasteiger charge is -2.25. The van der Waals surface area contributed by atoms with Gasteiger partial charge in [-0.15, -0.1) is 0 Å². The van der Waals surface area contributed by atoms with Gasteiger partial charge in [-0.2, -0.15) is 0 Å². The molecule has 0 bridgehead atoms. The van der Waals surface area contributed by atoms with E-state index in [1.807, 2.05) is 66.7 Å². The van der Waals surface area contributed by atoms with Crippen LogP contribution in [0.4, 0.5) is 0 Å². The van der Waals surface area contributed by atoms with E-state index in [1.54, 1.807) is 12.4 Å². The van der Waals surface area contributed by atoms with Crippen LogP contribution in [0.15, 0.2) is 79.1 Å². The van der Waals surface area contributed by atoms with E-state index in [0.29, 0.717) is 12.5 Å². The molecule has 7 heteroatoms. The van der Waals surface area contributed by atoms with Crippen LogP contribution in [0.3, 0.4) is 0 Å². The van der Waals surface area contributed by atoms with Crippen molar-refractivity contribution in [2.75, 3.05) is 6.54 Å². The Kier molecular flexibility index (Phi) is 8.26. The number of carbonyl (C=O) groups is 2. The quantitative estimate of drug-likeness (QED) is 0.254. The summed E-state index contributed by atoms with van der Waals surface area (Å²) >= 11 is 0. The molecule has 1 aliphatic carbocycles. The third kappa shape index (κ3) is 6.36. The van der Waals surface area contributed by atoms with Gasteiger partial charge < -0.3 is 21.7 Å². The maximum absolute atomic E-state index is 13.5. The minimum atomic E-state index is -0.767.